The molecule has 3 atom stereocenters. The molecule has 1 heterocycles. The molecule has 146 valence electrons. The lowest BCUT2D eigenvalue weighted by molar-refractivity contribution is -0.152. The van der Waals surface area contributed by atoms with Crippen LogP contribution in [0.5, 0.6) is 0 Å². The van der Waals surface area contributed by atoms with E-state index in [1.807, 2.05) is 50.3 Å². The van der Waals surface area contributed by atoms with Crippen LogP contribution in [0.4, 0.5) is 0 Å². The van der Waals surface area contributed by atoms with Crippen LogP contribution in [0.3, 0.4) is 0 Å². The van der Waals surface area contributed by atoms with Crippen molar-refractivity contribution in [1.29, 1.82) is 0 Å². The average Bonchev–Trinajstić information content (AvgIpc) is 2.89. The first-order valence-corrected chi connectivity index (χ1v) is 9.23. The lowest BCUT2D eigenvalue weighted by atomic mass is 9.64. The smallest absolute Gasteiger partial charge is 0.325 e. The lowest BCUT2D eigenvalue weighted by Crippen LogP contribution is -2.65. The molecule has 5 heteroatoms. The zero-order chi connectivity index (χ0) is 20.5. The number of carboxylic acids is 1. The Hall–Kier alpha value is -2.27. The van der Waals surface area contributed by atoms with Gasteiger partial charge < -0.3 is 10.8 Å². The molecule has 0 radical (unpaired) electrons. The summed E-state index contributed by atoms with van der Waals surface area (Å²) in [6.45, 7) is 9.17. The van der Waals surface area contributed by atoms with E-state index in [-0.39, 0.29) is 5.78 Å². The molecule has 27 heavy (non-hydrogen) atoms. The molecule has 3 N–H and O–H groups in total. The number of hydrogen-bond donors (Lipinski definition) is 2. The third-order valence-electron chi connectivity index (χ3n) is 5.48. The second-order valence-corrected chi connectivity index (χ2v) is 8.72. The Morgan fingerprint density at radius 2 is 1.85 bits per heavy atom. The van der Waals surface area contributed by atoms with Gasteiger partial charge in [-0.15, -0.1) is 0 Å². The van der Waals surface area contributed by atoms with Gasteiger partial charge >= 0.3 is 5.97 Å². The second-order valence-electron chi connectivity index (χ2n) is 8.72. The minimum Gasteiger partial charge on any atom is -0.480 e. The number of Topliss-reactive ketones (excluding diaryl/α,β-unsaturated/α-hetero) is 1. The fourth-order valence-corrected chi connectivity index (χ4v) is 3.55. The molecule has 1 aliphatic rings. The van der Waals surface area contributed by atoms with Crippen molar-refractivity contribution in [3.05, 3.63) is 47.5 Å². The van der Waals surface area contributed by atoms with Crippen LogP contribution in [0.1, 0.15) is 46.6 Å². The van der Waals surface area contributed by atoms with Gasteiger partial charge in [0.15, 0.2) is 5.78 Å². The maximum Gasteiger partial charge on any atom is 0.325 e. The number of carbonyl (C=O) groups excluding carboxylic acids is 1. The molecule has 0 aliphatic carbocycles. The molecule has 0 saturated carbocycles. The molecule has 0 saturated heterocycles. The molecule has 2 rings (SSSR count). The summed E-state index contributed by atoms with van der Waals surface area (Å²) in [6.07, 6.45) is 4.30. The summed E-state index contributed by atoms with van der Waals surface area (Å²) in [5, 5.41) is 9.87. The van der Waals surface area contributed by atoms with E-state index < -0.39 is 28.4 Å². The van der Waals surface area contributed by atoms with Crippen LogP contribution < -0.4 is 5.73 Å². The van der Waals surface area contributed by atoms with Crippen molar-refractivity contribution in [2.45, 2.75) is 58.5 Å². The molecular formula is C22H30N2O3. The van der Waals surface area contributed by atoms with Crippen LogP contribution in [0.2, 0.25) is 0 Å². The van der Waals surface area contributed by atoms with E-state index in [2.05, 4.69) is 4.99 Å². The summed E-state index contributed by atoms with van der Waals surface area (Å²) in [4.78, 5) is 30.2. The topological polar surface area (TPSA) is 92.8 Å². The van der Waals surface area contributed by atoms with Gasteiger partial charge in [0.05, 0.1) is 5.92 Å². The predicted molar refractivity (Wildman–Crippen MR) is 108 cm³/mol. The fourth-order valence-electron chi connectivity index (χ4n) is 3.55. The van der Waals surface area contributed by atoms with E-state index in [4.69, 9.17) is 5.73 Å². The maximum atomic E-state index is 13.5. The van der Waals surface area contributed by atoms with Crippen molar-refractivity contribution >= 4 is 18.0 Å². The van der Waals surface area contributed by atoms with Gasteiger partial charge in [0.1, 0.15) is 11.1 Å². The minimum absolute atomic E-state index is 0.219. The zero-order valence-electron chi connectivity index (χ0n) is 16.8. The Kier molecular flexibility index (Phi) is 5.76. The van der Waals surface area contributed by atoms with Crippen molar-refractivity contribution in [2.75, 3.05) is 0 Å². The number of nitrogens with zero attached hydrogens (tertiary/aromatic N) is 1. The number of aliphatic imine (C=N–C) groups is 1. The van der Waals surface area contributed by atoms with E-state index in [1.165, 1.54) is 6.21 Å². The van der Waals surface area contributed by atoms with Crippen LogP contribution in [-0.2, 0) is 16.0 Å². The van der Waals surface area contributed by atoms with Crippen LogP contribution in [0, 0.1) is 11.3 Å². The van der Waals surface area contributed by atoms with Crippen LogP contribution in [0.25, 0.3) is 0 Å². The van der Waals surface area contributed by atoms with Crippen molar-refractivity contribution in [1.82, 2.24) is 0 Å². The van der Waals surface area contributed by atoms with Gasteiger partial charge in [-0.1, -0.05) is 62.8 Å². The van der Waals surface area contributed by atoms with Crippen molar-refractivity contribution in [3.8, 4) is 0 Å². The molecule has 1 aromatic rings. The Morgan fingerprint density at radius 1 is 1.26 bits per heavy atom. The fraction of sp³-hybridized carbons (Fsp3) is 0.500. The first kappa shape index (κ1) is 21.0. The number of aliphatic carboxylic acids is 1. The highest BCUT2D eigenvalue weighted by atomic mass is 16.4. The van der Waals surface area contributed by atoms with Crippen molar-refractivity contribution in [3.63, 3.8) is 0 Å². The van der Waals surface area contributed by atoms with E-state index in [9.17, 15) is 14.7 Å². The number of rotatable bonds is 6. The summed E-state index contributed by atoms with van der Waals surface area (Å²) in [6, 6.07) is 9.67. The summed E-state index contributed by atoms with van der Waals surface area (Å²) < 4.78 is 0. The number of carboxylic acid groups (broad SMARTS) is 1. The third-order valence-corrected chi connectivity index (χ3v) is 5.48. The van der Waals surface area contributed by atoms with Crippen LogP contribution in [0.15, 0.2) is 47.0 Å². The van der Waals surface area contributed by atoms with Gasteiger partial charge in [-0.2, -0.15) is 0 Å². The Bertz CT molecular complexity index is 772. The lowest BCUT2D eigenvalue weighted by Gasteiger charge is -2.41. The van der Waals surface area contributed by atoms with Crippen molar-refractivity contribution in [2.24, 2.45) is 22.1 Å². The molecular weight excluding hydrogens is 340 g/mol. The molecule has 1 aliphatic heterocycles. The van der Waals surface area contributed by atoms with Gasteiger partial charge in [0, 0.05) is 12.6 Å². The predicted octanol–water partition coefficient (Wildman–Crippen LogP) is 3.42. The SMILES string of the molecule is CC(C)=CC[C@@]1(Cc2ccccc2)N=CC(C(N)(C(=O)O)C(C)(C)C)C1=O. The average molecular weight is 370 g/mol. The monoisotopic (exact) mass is 370 g/mol. The molecule has 0 aromatic heterocycles. The van der Waals surface area contributed by atoms with Gasteiger partial charge in [-0.25, -0.2) is 0 Å². The molecule has 0 bridgehead atoms. The first-order valence-electron chi connectivity index (χ1n) is 9.23. The number of allylic oxidation sites excluding steroid dienone is 1. The number of ketones is 1. The quantitative estimate of drug-likeness (QED) is 0.750. The highest BCUT2D eigenvalue weighted by molar-refractivity contribution is 6.11. The molecule has 5 nitrogen and oxygen atoms in total. The maximum absolute atomic E-state index is 13.5. The Labute approximate surface area is 161 Å². The summed E-state index contributed by atoms with van der Waals surface area (Å²) in [5.41, 5.74) is 4.87. The first-order chi connectivity index (χ1) is 12.4. The van der Waals surface area contributed by atoms with Gasteiger partial charge in [-0.05, 0) is 31.2 Å². The van der Waals surface area contributed by atoms with Crippen LogP contribution >= 0.6 is 0 Å². The van der Waals surface area contributed by atoms with E-state index in [0.717, 1.165) is 11.1 Å². The van der Waals surface area contributed by atoms with Crippen LogP contribution in [-0.4, -0.2) is 34.2 Å². The standard InChI is InChI=1S/C22H30N2O3/c1-15(2)11-12-21(13-16-9-7-6-8-10-16)18(25)17(14-24-21)22(23,19(26)27)20(3,4)5/h6-11,14,17H,12-13,23H2,1-5H3,(H,26,27)/t17?,21-,22?/m0/s1. The molecule has 2 unspecified atom stereocenters. The largest absolute Gasteiger partial charge is 0.480 e. The van der Waals surface area contributed by atoms with E-state index in [1.54, 1.807) is 20.8 Å². The molecule has 0 spiro atoms. The molecule has 0 amide bonds. The second kappa shape index (κ2) is 7.39. The van der Waals surface area contributed by atoms with E-state index >= 15 is 0 Å². The Morgan fingerprint density at radius 3 is 2.33 bits per heavy atom. The third kappa shape index (κ3) is 3.88. The summed E-state index contributed by atoms with van der Waals surface area (Å²) in [5.74, 6) is -2.37. The minimum atomic E-state index is -1.73. The number of hydrogen-bond acceptors (Lipinski definition) is 4. The number of nitrogens with two attached hydrogens (primary N) is 1. The van der Waals surface area contributed by atoms with Gasteiger partial charge in [-0.3, -0.25) is 14.6 Å². The Balaban J connectivity index is 2.49. The highest BCUT2D eigenvalue weighted by Crippen LogP contribution is 2.42. The normalized spacial score (nSPS) is 24.5. The van der Waals surface area contributed by atoms with Crippen molar-refractivity contribution < 1.29 is 14.7 Å². The summed E-state index contributed by atoms with van der Waals surface area (Å²) in [7, 11) is 0. The highest BCUT2D eigenvalue weighted by Gasteiger charge is 2.59. The number of carbonyl (C=O) groups is 2. The van der Waals surface area contributed by atoms with Gasteiger partial charge in [0.25, 0.3) is 0 Å². The zero-order valence-corrected chi connectivity index (χ0v) is 16.8. The summed E-state index contributed by atoms with van der Waals surface area (Å²) >= 11 is 0. The van der Waals surface area contributed by atoms with E-state index in [0.29, 0.717) is 12.8 Å². The van der Waals surface area contributed by atoms with Gasteiger partial charge in [0.2, 0.25) is 0 Å². The molecule has 0 fully saturated rings. The molecule has 1 aromatic carbocycles. The number of benzene rings is 1.